The summed E-state index contributed by atoms with van der Waals surface area (Å²) in [5.74, 6) is -1.14. The number of imide groups is 1. The molecule has 0 saturated heterocycles. The van der Waals surface area contributed by atoms with E-state index in [1.54, 1.807) is 13.8 Å². The summed E-state index contributed by atoms with van der Waals surface area (Å²) in [7, 11) is 0. The maximum absolute atomic E-state index is 11.4. The molecular weight excluding hydrogens is 234 g/mol. The molecule has 6 nitrogen and oxygen atoms in total. The lowest BCUT2D eigenvalue weighted by Gasteiger charge is -2.19. The van der Waals surface area contributed by atoms with Gasteiger partial charge in [0, 0.05) is 13.1 Å². The second-order valence-electron chi connectivity index (χ2n) is 2.95. The Kier molecular flexibility index (Phi) is 7.28. The summed E-state index contributed by atoms with van der Waals surface area (Å²) >= 11 is 5.24. The van der Waals surface area contributed by atoms with Crippen LogP contribution < -0.4 is 10.6 Å². The Morgan fingerprint density at radius 2 is 1.81 bits per heavy atom. The molecule has 16 heavy (non-hydrogen) atoms. The van der Waals surface area contributed by atoms with Gasteiger partial charge in [-0.1, -0.05) is 0 Å². The number of likely N-dealkylation sites (N-methyl/N-ethyl adjacent to an activating group) is 2. The molecule has 0 unspecified atom stereocenters. The van der Waals surface area contributed by atoms with Crippen molar-refractivity contribution in [3.63, 3.8) is 0 Å². The van der Waals surface area contributed by atoms with Crippen LogP contribution in [-0.2, 0) is 9.59 Å². The van der Waals surface area contributed by atoms with Gasteiger partial charge in [-0.05, 0) is 13.8 Å². The topological polar surface area (TPSA) is 78.5 Å². The lowest BCUT2D eigenvalue weighted by molar-refractivity contribution is -0.122. The first kappa shape index (κ1) is 14.7. The summed E-state index contributed by atoms with van der Waals surface area (Å²) in [6, 6.07) is -0.612. The highest BCUT2D eigenvalue weighted by atomic mass is 35.5. The highest BCUT2D eigenvalue weighted by Gasteiger charge is 2.16. The second-order valence-corrected chi connectivity index (χ2v) is 3.22. The molecule has 0 fully saturated rings. The van der Waals surface area contributed by atoms with Crippen molar-refractivity contribution in [2.24, 2.45) is 0 Å². The molecule has 0 aliphatic heterocycles. The molecule has 0 bridgehead atoms. The number of halogens is 1. The van der Waals surface area contributed by atoms with E-state index in [1.807, 2.05) is 0 Å². The van der Waals surface area contributed by atoms with Crippen LogP contribution in [0, 0.1) is 0 Å². The fourth-order valence-electron chi connectivity index (χ4n) is 0.985. The molecule has 0 aromatic carbocycles. The summed E-state index contributed by atoms with van der Waals surface area (Å²) in [6.07, 6.45) is 0. The van der Waals surface area contributed by atoms with Crippen molar-refractivity contribution in [3.05, 3.63) is 0 Å². The molecule has 0 radical (unpaired) electrons. The lowest BCUT2D eigenvalue weighted by atomic mass is 10.4. The van der Waals surface area contributed by atoms with Crippen molar-refractivity contribution >= 4 is 29.4 Å². The first-order chi connectivity index (χ1) is 7.54. The maximum Gasteiger partial charge on any atom is 0.324 e. The highest BCUT2D eigenvalue weighted by molar-refractivity contribution is 6.28. The minimum atomic E-state index is -0.612. The smallest absolute Gasteiger partial charge is 0.324 e. The molecule has 0 rings (SSSR count). The van der Waals surface area contributed by atoms with Crippen molar-refractivity contribution < 1.29 is 14.4 Å². The molecule has 0 spiro atoms. The molecule has 0 aliphatic carbocycles. The van der Waals surface area contributed by atoms with Crippen molar-refractivity contribution in [1.29, 1.82) is 0 Å². The monoisotopic (exact) mass is 249 g/mol. The van der Waals surface area contributed by atoms with E-state index in [0.717, 1.165) is 0 Å². The quantitative estimate of drug-likeness (QED) is 0.669. The number of urea groups is 1. The Hall–Kier alpha value is -1.30. The number of hydrogen-bond donors (Lipinski definition) is 2. The number of rotatable bonds is 5. The molecule has 4 amide bonds. The predicted octanol–water partition coefficient (Wildman–Crippen LogP) is -0.0806. The third kappa shape index (κ3) is 5.55. The Morgan fingerprint density at radius 3 is 2.25 bits per heavy atom. The second kappa shape index (κ2) is 7.92. The van der Waals surface area contributed by atoms with Gasteiger partial charge in [-0.15, -0.1) is 11.6 Å². The SMILES string of the molecule is CCNC(=O)CN(CC)C(=O)NC(=O)CCl. The summed E-state index contributed by atoms with van der Waals surface area (Å²) in [4.78, 5) is 34.7. The Balaban J connectivity index is 4.21. The van der Waals surface area contributed by atoms with Crippen molar-refractivity contribution in [3.8, 4) is 0 Å². The van der Waals surface area contributed by atoms with E-state index in [0.29, 0.717) is 13.1 Å². The van der Waals surface area contributed by atoms with Gasteiger partial charge < -0.3 is 10.2 Å². The minimum absolute atomic E-state index is 0.0776. The first-order valence-corrected chi connectivity index (χ1v) is 5.50. The van der Waals surface area contributed by atoms with Crippen LogP contribution >= 0.6 is 11.6 Å². The number of hydrogen-bond acceptors (Lipinski definition) is 3. The maximum atomic E-state index is 11.4. The molecule has 0 heterocycles. The van der Waals surface area contributed by atoms with Gasteiger partial charge in [0.1, 0.15) is 12.4 Å². The largest absolute Gasteiger partial charge is 0.355 e. The highest BCUT2D eigenvalue weighted by Crippen LogP contribution is 1.90. The molecule has 92 valence electrons. The van der Waals surface area contributed by atoms with Crippen LogP contribution in [0.25, 0.3) is 0 Å². The molecular formula is C9H16ClN3O3. The van der Waals surface area contributed by atoms with Gasteiger partial charge >= 0.3 is 6.03 Å². The van der Waals surface area contributed by atoms with Gasteiger partial charge in [-0.3, -0.25) is 14.9 Å². The van der Waals surface area contributed by atoms with Crippen molar-refractivity contribution in [2.75, 3.05) is 25.5 Å². The number of carbonyl (C=O) groups excluding carboxylic acids is 3. The molecule has 0 aromatic heterocycles. The zero-order chi connectivity index (χ0) is 12.6. The van der Waals surface area contributed by atoms with Gasteiger partial charge in [0.15, 0.2) is 0 Å². The van der Waals surface area contributed by atoms with Gasteiger partial charge in [0.2, 0.25) is 11.8 Å². The number of nitrogens with zero attached hydrogens (tertiary/aromatic N) is 1. The molecule has 0 atom stereocenters. The van der Waals surface area contributed by atoms with E-state index in [9.17, 15) is 14.4 Å². The molecule has 0 aromatic rings. The van der Waals surface area contributed by atoms with Crippen LogP contribution in [0.5, 0.6) is 0 Å². The minimum Gasteiger partial charge on any atom is -0.355 e. The van der Waals surface area contributed by atoms with Gasteiger partial charge in [0.25, 0.3) is 0 Å². The first-order valence-electron chi connectivity index (χ1n) is 4.96. The summed E-state index contributed by atoms with van der Waals surface area (Å²) in [5.41, 5.74) is 0. The Bertz CT molecular complexity index is 271. The van der Waals surface area contributed by atoms with Crippen LogP contribution in [0.1, 0.15) is 13.8 Å². The van der Waals surface area contributed by atoms with Crippen molar-refractivity contribution in [2.45, 2.75) is 13.8 Å². The van der Waals surface area contributed by atoms with Crippen LogP contribution in [-0.4, -0.2) is 48.3 Å². The van der Waals surface area contributed by atoms with Gasteiger partial charge in [-0.25, -0.2) is 4.79 Å². The summed E-state index contributed by atoms with van der Waals surface area (Å²) in [6.45, 7) is 4.25. The third-order valence-corrected chi connectivity index (χ3v) is 1.99. The molecule has 0 saturated carbocycles. The lowest BCUT2D eigenvalue weighted by Crippen LogP contribution is -2.47. The average Bonchev–Trinajstić information content (AvgIpc) is 2.25. The van der Waals surface area contributed by atoms with Crippen LogP contribution in [0.15, 0.2) is 0 Å². The van der Waals surface area contributed by atoms with Crippen molar-refractivity contribution in [1.82, 2.24) is 15.5 Å². The van der Waals surface area contributed by atoms with E-state index >= 15 is 0 Å². The fraction of sp³-hybridized carbons (Fsp3) is 0.667. The van der Waals surface area contributed by atoms with Crippen LogP contribution in [0.2, 0.25) is 0 Å². The summed E-state index contributed by atoms with van der Waals surface area (Å²) < 4.78 is 0. The number of amides is 4. The number of carbonyl (C=O) groups is 3. The molecule has 0 aliphatic rings. The normalized spacial score (nSPS) is 9.44. The van der Waals surface area contributed by atoms with Crippen LogP contribution in [0.3, 0.4) is 0 Å². The van der Waals surface area contributed by atoms with E-state index < -0.39 is 11.9 Å². The van der Waals surface area contributed by atoms with E-state index in [2.05, 4.69) is 10.6 Å². The van der Waals surface area contributed by atoms with Gasteiger partial charge in [-0.2, -0.15) is 0 Å². The Morgan fingerprint density at radius 1 is 1.19 bits per heavy atom. The Labute approximate surface area is 99.3 Å². The molecule has 7 heteroatoms. The number of nitrogens with one attached hydrogen (secondary N) is 2. The third-order valence-electron chi connectivity index (χ3n) is 1.75. The summed E-state index contributed by atoms with van der Waals surface area (Å²) in [5, 5.41) is 4.63. The number of alkyl halides is 1. The zero-order valence-electron chi connectivity index (χ0n) is 9.38. The standard InChI is InChI=1S/C9H16ClN3O3/c1-3-11-8(15)6-13(4-2)9(16)12-7(14)5-10/h3-6H2,1-2H3,(H,11,15)(H,12,14,16). The fourth-order valence-corrected chi connectivity index (χ4v) is 1.05. The molecule has 2 N–H and O–H groups in total. The zero-order valence-corrected chi connectivity index (χ0v) is 10.1. The van der Waals surface area contributed by atoms with E-state index in [1.165, 1.54) is 4.90 Å². The van der Waals surface area contributed by atoms with E-state index in [-0.39, 0.29) is 18.3 Å². The van der Waals surface area contributed by atoms with Gasteiger partial charge in [0.05, 0.1) is 0 Å². The predicted molar refractivity (Wildman–Crippen MR) is 60.2 cm³/mol. The average molecular weight is 250 g/mol. The van der Waals surface area contributed by atoms with Crippen LogP contribution in [0.4, 0.5) is 4.79 Å². The van der Waals surface area contributed by atoms with E-state index in [4.69, 9.17) is 11.6 Å².